The summed E-state index contributed by atoms with van der Waals surface area (Å²) in [6.07, 6.45) is 0.358. The quantitative estimate of drug-likeness (QED) is 0.839. The van der Waals surface area contributed by atoms with Gasteiger partial charge in [-0.3, -0.25) is 9.59 Å². The smallest absolute Gasteiger partial charge is 0.228 e. The summed E-state index contributed by atoms with van der Waals surface area (Å²) in [7, 11) is 2.07. The van der Waals surface area contributed by atoms with Crippen LogP contribution in [0.5, 0.6) is 0 Å². The average molecular weight is 315 g/mol. The van der Waals surface area contributed by atoms with E-state index in [-0.39, 0.29) is 17.7 Å². The predicted molar refractivity (Wildman–Crippen MR) is 88.8 cm³/mol. The van der Waals surface area contributed by atoms with Crippen LogP contribution in [0.2, 0.25) is 0 Å². The van der Waals surface area contributed by atoms with Crippen LogP contribution in [0.3, 0.4) is 0 Å². The fourth-order valence-corrected chi connectivity index (χ4v) is 3.29. The number of aryl methyl sites for hydroxylation is 1. The van der Waals surface area contributed by atoms with E-state index >= 15 is 0 Å². The zero-order chi connectivity index (χ0) is 16.4. The van der Waals surface area contributed by atoms with Crippen LogP contribution in [0.1, 0.15) is 17.5 Å². The predicted octanol–water partition coefficient (Wildman–Crippen LogP) is 1.12. The number of nitrogens with zero attached hydrogens (tertiary/aromatic N) is 3. The summed E-state index contributed by atoms with van der Waals surface area (Å²) in [5.41, 5.74) is 2.33. The van der Waals surface area contributed by atoms with Gasteiger partial charge >= 0.3 is 0 Å². The Hall–Kier alpha value is -1.88. The number of hydrogen-bond acceptors (Lipinski definition) is 3. The van der Waals surface area contributed by atoms with Crippen LogP contribution in [0.15, 0.2) is 24.3 Å². The van der Waals surface area contributed by atoms with E-state index in [1.807, 2.05) is 9.80 Å². The minimum Gasteiger partial charge on any atom is -0.340 e. The van der Waals surface area contributed by atoms with E-state index in [1.165, 1.54) is 5.56 Å². The van der Waals surface area contributed by atoms with Gasteiger partial charge in [-0.15, -0.1) is 0 Å². The Bertz CT molecular complexity index is 576. The normalized spacial score (nSPS) is 22.7. The number of piperazine rings is 1. The van der Waals surface area contributed by atoms with E-state index in [4.69, 9.17) is 0 Å². The van der Waals surface area contributed by atoms with Gasteiger partial charge < -0.3 is 14.7 Å². The molecule has 5 heteroatoms. The van der Waals surface area contributed by atoms with Gasteiger partial charge in [-0.05, 0) is 19.5 Å². The molecule has 1 aromatic rings. The molecule has 2 saturated heterocycles. The molecule has 0 aliphatic carbocycles. The van der Waals surface area contributed by atoms with Crippen LogP contribution >= 0.6 is 0 Å². The number of amides is 2. The molecule has 2 aliphatic rings. The van der Waals surface area contributed by atoms with Gasteiger partial charge in [-0.2, -0.15) is 0 Å². The van der Waals surface area contributed by atoms with Crippen molar-refractivity contribution in [2.45, 2.75) is 19.9 Å². The van der Waals surface area contributed by atoms with Crippen molar-refractivity contribution in [3.05, 3.63) is 35.4 Å². The minimum atomic E-state index is -0.170. The lowest BCUT2D eigenvalue weighted by molar-refractivity contribution is -0.137. The topological polar surface area (TPSA) is 43.9 Å². The van der Waals surface area contributed by atoms with Crippen LogP contribution < -0.4 is 0 Å². The van der Waals surface area contributed by atoms with Gasteiger partial charge in [0.25, 0.3) is 0 Å². The van der Waals surface area contributed by atoms with Crippen molar-refractivity contribution in [3.8, 4) is 0 Å². The zero-order valence-corrected chi connectivity index (χ0v) is 14.0. The van der Waals surface area contributed by atoms with Crippen LogP contribution in [0.25, 0.3) is 0 Å². The molecule has 0 aromatic heterocycles. The lowest BCUT2D eigenvalue weighted by atomic mass is 10.1. The summed E-state index contributed by atoms with van der Waals surface area (Å²) in [6, 6.07) is 8.22. The second-order valence-electron chi connectivity index (χ2n) is 6.79. The van der Waals surface area contributed by atoms with Crippen LogP contribution in [0, 0.1) is 12.8 Å². The minimum absolute atomic E-state index is 0.0954. The molecule has 0 bridgehead atoms. The van der Waals surface area contributed by atoms with Crippen LogP contribution in [-0.2, 0) is 16.1 Å². The molecule has 2 heterocycles. The molecule has 124 valence electrons. The second-order valence-corrected chi connectivity index (χ2v) is 6.79. The molecule has 0 saturated carbocycles. The lowest BCUT2D eigenvalue weighted by Gasteiger charge is -2.33. The number of hydrogen-bond donors (Lipinski definition) is 0. The van der Waals surface area contributed by atoms with Crippen molar-refractivity contribution in [3.63, 3.8) is 0 Å². The summed E-state index contributed by atoms with van der Waals surface area (Å²) in [4.78, 5) is 30.8. The average Bonchev–Trinajstić information content (AvgIpc) is 2.91. The molecule has 5 nitrogen and oxygen atoms in total. The molecule has 1 unspecified atom stereocenters. The molecule has 2 aliphatic heterocycles. The van der Waals surface area contributed by atoms with E-state index in [0.29, 0.717) is 19.5 Å². The molecule has 2 fully saturated rings. The number of rotatable bonds is 3. The van der Waals surface area contributed by atoms with Gasteiger partial charge in [0.15, 0.2) is 0 Å². The third-order valence-electron chi connectivity index (χ3n) is 4.87. The Labute approximate surface area is 137 Å². The number of carbonyl (C=O) groups is 2. The lowest BCUT2D eigenvalue weighted by Crippen LogP contribution is -2.49. The zero-order valence-electron chi connectivity index (χ0n) is 14.0. The van der Waals surface area contributed by atoms with Gasteiger partial charge in [-0.25, -0.2) is 0 Å². The fourth-order valence-electron chi connectivity index (χ4n) is 3.29. The Morgan fingerprint density at radius 2 is 1.78 bits per heavy atom. The maximum Gasteiger partial charge on any atom is 0.228 e. The van der Waals surface area contributed by atoms with Gasteiger partial charge in [0.2, 0.25) is 11.8 Å². The largest absolute Gasteiger partial charge is 0.340 e. The summed E-state index contributed by atoms with van der Waals surface area (Å²) >= 11 is 0. The van der Waals surface area contributed by atoms with Crippen molar-refractivity contribution in [1.29, 1.82) is 0 Å². The van der Waals surface area contributed by atoms with Crippen molar-refractivity contribution in [1.82, 2.24) is 14.7 Å². The standard InChI is InChI=1S/C18H25N3O2/c1-14-3-5-15(6-4-14)12-21-13-16(11-17(21)22)18(23)20-9-7-19(2)8-10-20/h3-6,16H,7-13H2,1-2H3. The van der Waals surface area contributed by atoms with Crippen molar-refractivity contribution in [2.24, 2.45) is 5.92 Å². The molecule has 0 N–H and O–H groups in total. The second kappa shape index (κ2) is 6.71. The first-order chi connectivity index (χ1) is 11.0. The number of likely N-dealkylation sites (tertiary alicyclic amines) is 1. The van der Waals surface area contributed by atoms with E-state index in [9.17, 15) is 9.59 Å². The van der Waals surface area contributed by atoms with Gasteiger partial charge in [0.05, 0.1) is 5.92 Å². The van der Waals surface area contributed by atoms with Crippen molar-refractivity contribution >= 4 is 11.8 Å². The highest BCUT2D eigenvalue weighted by atomic mass is 16.2. The Morgan fingerprint density at radius 1 is 1.13 bits per heavy atom. The van der Waals surface area contributed by atoms with E-state index in [2.05, 4.69) is 43.1 Å². The number of carbonyl (C=O) groups excluding carboxylic acids is 2. The third kappa shape index (κ3) is 3.72. The maximum absolute atomic E-state index is 12.6. The van der Waals surface area contributed by atoms with E-state index in [1.54, 1.807) is 0 Å². The molecular weight excluding hydrogens is 290 g/mol. The summed E-state index contributed by atoms with van der Waals surface area (Å²) in [5.74, 6) is 0.0762. The molecule has 2 amide bonds. The molecule has 1 aromatic carbocycles. The third-order valence-corrected chi connectivity index (χ3v) is 4.87. The first-order valence-corrected chi connectivity index (χ1v) is 8.33. The highest BCUT2D eigenvalue weighted by Gasteiger charge is 2.36. The highest BCUT2D eigenvalue weighted by Crippen LogP contribution is 2.23. The molecule has 0 spiro atoms. The van der Waals surface area contributed by atoms with E-state index in [0.717, 1.165) is 31.7 Å². The van der Waals surface area contributed by atoms with Gasteiger partial charge in [0, 0.05) is 45.7 Å². The first-order valence-electron chi connectivity index (χ1n) is 8.33. The van der Waals surface area contributed by atoms with Gasteiger partial charge in [0.1, 0.15) is 0 Å². The van der Waals surface area contributed by atoms with Crippen LogP contribution in [0.4, 0.5) is 0 Å². The van der Waals surface area contributed by atoms with Crippen molar-refractivity contribution < 1.29 is 9.59 Å². The maximum atomic E-state index is 12.6. The van der Waals surface area contributed by atoms with Crippen molar-refractivity contribution in [2.75, 3.05) is 39.8 Å². The van der Waals surface area contributed by atoms with E-state index < -0.39 is 0 Å². The summed E-state index contributed by atoms with van der Waals surface area (Å²) < 4.78 is 0. The Balaban J connectivity index is 1.58. The monoisotopic (exact) mass is 315 g/mol. The Morgan fingerprint density at radius 3 is 2.43 bits per heavy atom. The molecule has 1 atom stereocenters. The highest BCUT2D eigenvalue weighted by molar-refractivity contribution is 5.89. The summed E-state index contributed by atoms with van der Waals surface area (Å²) in [6.45, 7) is 6.59. The van der Waals surface area contributed by atoms with Gasteiger partial charge in [-0.1, -0.05) is 29.8 Å². The molecule has 23 heavy (non-hydrogen) atoms. The Kier molecular flexibility index (Phi) is 4.66. The first kappa shape index (κ1) is 16.0. The number of likely N-dealkylation sites (N-methyl/N-ethyl adjacent to an activating group) is 1. The summed E-state index contributed by atoms with van der Waals surface area (Å²) in [5, 5.41) is 0. The fraction of sp³-hybridized carbons (Fsp3) is 0.556. The molecular formula is C18H25N3O2. The number of benzene rings is 1. The van der Waals surface area contributed by atoms with Crippen LogP contribution in [-0.4, -0.2) is 66.3 Å². The molecule has 0 radical (unpaired) electrons. The SMILES string of the molecule is Cc1ccc(CN2CC(C(=O)N3CCN(C)CC3)CC2=O)cc1. The molecule has 3 rings (SSSR count).